The number of ether oxygens (including phenoxy) is 1. The largest absolute Gasteiger partial charge is 0.508 e. The van der Waals surface area contributed by atoms with E-state index < -0.39 is 5.91 Å². The van der Waals surface area contributed by atoms with Gasteiger partial charge in [-0.05, 0) is 52.6 Å². The van der Waals surface area contributed by atoms with Crippen LogP contribution in [0.2, 0.25) is 0 Å². The predicted octanol–water partition coefficient (Wildman–Crippen LogP) is 4.14. The number of nitrogens with two attached hydrogens (primary N) is 1. The Bertz CT molecular complexity index is 933. The number of rotatable bonds is 6. The third-order valence-electron chi connectivity index (χ3n) is 3.86. The van der Waals surface area contributed by atoms with E-state index in [9.17, 15) is 9.90 Å². The number of amides is 1. The molecule has 0 aliphatic heterocycles. The van der Waals surface area contributed by atoms with E-state index in [1.807, 2.05) is 54.6 Å². The zero-order chi connectivity index (χ0) is 18.4. The first kappa shape index (κ1) is 17.3. The number of hydrogen-bond acceptors (Lipinski definition) is 3. The van der Waals surface area contributed by atoms with Crippen molar-refractivity contribution in [3.8, 4) is 22.6 Å². The highest BCUT2D eigenvalue weighted by molar-refractivity contribution is 5.92. The number of benzene rings is 3. The molecule has 0 saturated carbocycles. The first-order valence-corrected chi connectivity index (χ1v) is 8.19. The van der Waals surface area contributed by atoms with Gasteiger partial charge in [0.15, 0.2) is 0 Å². The zero-order valence-corrected chi connectivity index (χ0v) is 14.1. The lowest BCUT2D eigenvalue weighted by molar-refractivity contribution is -0.113. The van der Waals surface area contributed by atoms with E-state index in [-0.39, 0.29) is 5.75 Å². The molecule has 3 N–H and O–H groups in total. The number of phenols is 1. The van der Waals surface area contributed by atoms with Crippen molar-refractivity contribution in [3.63, 3.8) is 0 Å². The second-order valence-corrected chi connectivity index (χ2v) is 5.81. The van der Waals surface area contributed by atoms with Gasteiger partial charge in [-0.25, -0.2) is 0 Å². The van der Waals surface area contributed by atoms with Crippen LogP contribution in [0.15, 0.2) is 78.9 Å². The molecule has 0 aliphatic rings. The Kier molecular flexibility index (Phi) is 5.34. The predicted molar refractivity (Wildman–Crippen MR) is 103 cm³/mol. The van der Waals surface area contributed by atoms with E-state index in [0.717, 1.165) is 22.4 Å². The Morgan fingerprint density at radius 1 is 1.00 bits per heavy atom. The van der Waals surface area contributed by atoms with Crippen LogP contribution in [0.3, 0.4) is 0 Å². The molecule has 4 heteroatoms. The molecule has 0 bridgehead atoms. The number of phenolic OH excluding ortho intramolecular Hbond substituents is 1. The van der Waals surface area contributed by atoms with E-state index in [4.69, 9.17) is 10.5 Å². The Morgan fingerprint density at radius 2 is 1.81 bits per heavy atom. The highest BCUT2D eigenvalue weighted by Crippen LogP contribution is 2.30. The van der Waals surface area contributed by atoms with E-state index in [1.54, 1.807) is 24.3 Å². The summed E-state index contributed by atoms with van der Waals surface area (Å²) in [5.41, 5.74) is 8.75. The molecule has 0 spiro atoms. The summed E-state index contributed by atoms with van der Waals surface area (Å²) in [4.78, 5) is 11.0. The summed E-state index contributed by atoms with van der Waals surface area (Å²) in [5, 5.41) is 9.74. The van der Waals surface area contributed by atoms with Gasteiger partial charge in [-0.1, -0.05) is 48.5 Å². The van der Waals surface area contributed by atoms with Crippen molar-refractivity contribution in [1.29, 1.82) is 0 Å². The van der Waals surface area contributed by atoms with E-state index in [2.05, 4.69) is 0 Å². The Hall–Kier alpha value is -3.53. The molecule has 0 heterocycles. The molecule has 4 nitrogen and oxygen atoms in total. The highest BCUT2D eigenvalue weighted by Gasteiger charge is 2.06. The lowest BCUT2D eigenvalue weighted by Crippen LogP contribution is -2.05. The number of carbonyl (C=O) groups excluding carboxylic acids is 1. The minimum atomic E-state index is -0.542. The first-order valence-electron chi connectivity index (χ1n) is 8.19. The van der Waals surface area contributed by atoms with Crippen LogP contribution in [0, 0.1) is 0 Å². The molecule has 0 atom stereocenters. The van der Waals surface area contributed by atoms with Gasteiger partial charge in [0.25, 0.3) is 0 Å². The molecule has 0 fully saturated rings. The van der Waals surface area contributed by atoms with Gasteiger partial charge in [0.1, 0.15) is 18.1 Å². The molecule has 26 heavy (non-hydrogen) atoms. The summed E-state index contributed by atoms with van der Waals surface area (Å²) in [5.74, 6) is 0.317. The summed E-state index contributed by atoms with van der Waals surface area (Å²) in [6.45, 7) is 0.480. The van der Waals surface area contributed by atoms with Gasteiger partial charge in [0.2, 0.25) is 5.91 Å². The van der Waals surface area contributed by atoms with Gasteiger partial charge in [-0.2, -0.15) is 0 Å². The second-order valence-electron chi connectivity index (χ2n) is 5.81. The fourth-order valence-electron chi connectivity index (χ4n) is 2.62. The second kappa shape index (κ2) is 8.03. The molecule has 3 aromatic carbocycles. The smallest absolute Gasteiger partial charge is 0.241 e. The van der Waals surface area contributed by atoms with Crippen molar-refractivity contribution in [1.82, 2.24) is 0 Å². The quantitative estimate of drug-likeness (QED) is 0.660. The topological polar surface area (TPSA) is 72.6 Å². The molecule has 0 unspecified atom stereocenters. The maximum absolute atomic E-state index is 11.0. The number of primary amides is 1. The molecule has 0 aromatic heterocycles. The van der Waals surface area contributed by atoms with Crippen LogP contribution in [-0.2, 0) is 11.4 Å². The summed E-state index contributed by atoms with van der Waals surface area (Å²) >= 11 is 0. The maximum Gasteiger partial charge on any atom is 0.241 e. The molecular weight excluding hydrogens is 326 g/mol. The normalized spacial score (nSPS) is 10.8. The van der Waals surface area contributed by atoms with Crippen molar-refractivity contribution in [2.24, 2.45) is 5.73 Å². The van der Waals surface area contributed by atoms with Crippen LogP contribution >= 0.6 is 0 Å². The average molecular weight is 345 g/mol. The van der Waals surface area contributed by atoms with Crippen LogP contribution in [0.25, 0.3) is 17.2 Å². The van der Waals surface area contributed by atoms with Crippen molar-refractivity contribution in [2.75, 3.05) is 0 Å². The lowest BCUT2D eigenvalue weighted by Gasteiger charge is -2.11. The van der Waals surface area contributed by atoms with E-state index >= 15 is 0 Å². The summed E-state index contributed by atoms with van der Waals surface area (Å²) in [6.07, 6.45) is 2.86. The van der Waals surface area contributed by atoms with E-state index in [1.165, 1.54) is 6.08 Å². The Balaban J connectivity index is 1.87. The maximum atomic E-state index is 11.0. The van der Waals surface area contributed by atoms with Gasteiger partial charge in [-0.15, -0.1) is 0 Å². The van der Waals surface area contributed by atoms with Gasteiger partial charge in [0.05, 0.1) is 0 Å². The molecule has 0 radical (unpaired) electrons. The Labute approximate surface area is 152 Å². The van der Waals surface area contributed by atoms with Gasteiger partial charge in [0, 0.05) is 6.08 Å². The molecule has 0 aliphatic carbocycles. The minimum absolute atomic E-state index is 0.120. The summed E-state index contributed by atoms with van der Waals surface area (Å²) < 4.78 is 5.87. The average Bonchev–Trinajstić information content (AvgIpc) is 2.66. The highest BCUT2D eigenvalue weighted by atomic mass is 16.5. The fraction of sp³-hybridized carbons (Fsp3) is 0.0455. The molecular formula is C22H19NO3. The Morgan fingerprint density at radius 3 is 2.58 bits per heavy atom. The molecule has 0 saturated heterocycles. The van der Waals surface area contributed by atoms with Crippen LogP contribution < -0.4 is 10.5 Å². The number of hydrogen-bond donors (Lipinski definition) is 2. The van der Waals surface area contributed by atoms with Crippen molar-refractivity contribution >= 4 is 12.0 Å². The third-order valence-corrected chi connectivity index (χ3v) is 3.86. The molecule has 130 valence electrons. The van der Waals surface area contributed by atoms with Crippen LogP contribution in [-0.4, -0.2) is 11.0 Å². The van der Waals surface area contributed by atoms with Gasteiger partial charge < -0.3 is 15.6 Å². The van der Waals surface area contributed by atoms with Crippen molar-refractivity contribution < 1.29 is 14.6 Å². The fourth-order valence-corrected chi connectivity index (χ4v) is 2.62. The summed E-state index contributed by atoms with van der Waals surface area (Å²) in [6, 6.07) is 22.6. The van der Waals surface area contributed by atoms with Crippen LogP contribution in [0.4, 0.5) is 0 Å². The lowest BCUT2D eigenvalue weighted by atomic mass is 9.98. The molecule has 3 rings (SSSR count). The molecule has 3 aromatic rings. The van der Waals surface area contributed by atoms with Crippen molar-refractivity contribution in [2.45, 2.75) is 6.61 Å². The van der Waals surface area contributed by atoms with Crippen LogP contribution in [0.1, 0.15) is 11.1 Å². The summed E-state index contributed by atoms with van der Waals surface area (Å²) in [7, 11) is 0. The third kappa shape index (κ3) is 4.51. The van der Waals surface area contributed by atoms with Gasteiger partial charge >= 0.3 is 0 Å². The first-order chi connectivity index (χ1) is 12.6. The zero-order valence-electron chi connectivity index (χ0n) is 14.1. The van der Waals surface area contributed by atoms with E-state index in [0.29, 0.717) is 12.2 Å². The standard InChI is InChI=1S/C22H19NO3/c23-22(25)12-9-18-13-19(24)10-11-21(18)17-7-4-8-20(14-17)26-15-16-5-2-1-3-6-16/h1-14,24H,15H2,(H2,23,25)/b12-9+. The van der Waals surface area contributed by atoms with Crippen LogP contribution in [0.5, 0.6) is 11.5 Å². The van der Waals surface area contributed by atoms with Gasteiger partial charge in [-0.3, -0.25) is 4.79 Å². The monoisotopic (exact) mass is 345 g/mol. The number of aromatic hydroxyl groups is 1. The minimum Gasteiger partial charge on any atom is -0.508 e. The van der Waals surface area contributed by atoms with Crippen molar-refractivity contribution in [3.05, 3.63) is 90.0 Å². The molecule has 1 amide bonds. The SMILES string of the molecule is NC(=O)/C=C/c1cc(O)ccc1-c1cccc(OCc2ccccc2)c1. The number of carbonyl (C=O) groups is 1.